The molecule has 1 unspecified atom stereocenters. The fourth-order valence-corrected chi connectivity index (χ4v) is 4.46. The van der Waals surface area contributed by atoms with Crippen LogP contribution in [0.2, 0.25) is 0 Å². The molecule has 0 radical (unpaired) electrons. The minimum Gasteiger partial charge on any atom is -0.485 e. The topological polar surface area (TPSA) is 38.8 Å². The highest BCUT2D eigenvalue weighted by Gasteiger charge is 2.43. The quantitative estimate of drug-likeness (QED) is 0.793. The maximum atomic E-state index is 13.1. The molecule has 4 nitrogen and oxygen atoms in total. The zero-order valence-corrected chi connectivity index (χ0v) is 14.7. The number of amides is 1. The average molecular weight is 347 g/mol. The minimum atomic E-state index is -0.601. The zero-order valence-electron chi connectivity index (χ0n) is 14.7. The number of ether oxygens (including phenoxy) is 2. The molecule has 0 aromatic heterocycles. The van der Waals surface area contributed by atoms with Gasteiger partial charge in [-0.05, 0) is 36.1 Å². The van der Waals surface area contributed by atoms with Crippen molar-refractivity contribution in [2.45, 2.75) is 37.3 Å². The van der Waals surface area contributed by atoms with E-state index in [1.54, 1.807) is 0 Å². The summed E-state index contributed by atoms with van der Waals surface area (Å²) in [6, 6.07) is 16.2. The molecule has 2 bridgehead atoms. The van der Waals surface area contributed by atoms with E-state index in [-0.39, 0.29) is 24.0 Å². The largest absolute Gasteiger partial charge is 0.485 e. The number of fused-ring (bicyclic) bond motifs is 5. The lowest BCUT2D eigenvalue weighted by molar-refractivity contribution is -0.141. The molecule has 2 aromatic carbocycles. The van der Waals surface area contributed by atoms with Gasteiger partial charge in [0.25, 0.3) is 5.91 Å². The summed E-state index contributed by atoms with van der Waals surface area (Å²) >= 11 is 0. The van der Waals surface area contributed by atoms with Crippen molar-refractivity contribution in [3.63, 3.8) is 0 Å². The molecule has 5 rings (SSSR count). The van der Waals surface area contributed by atoms with Gasteiger partial charge in [-0.1, -0.05) is 49.4 Å². The zero-order chi connectivity index (χ0) is 17.7. The lowest BCUT2D eigenvalue weighted by Crippen LogP contribution is -2.53. The summed E-state index contributed by atoms with van der Waals surface area (Å²) in [7, 11) is 0. The Balaban J connectivity index is 1.42. The van der Waals surface area contributed by atoms with Gasteiger partial charge in [-0.15, -0.1) is 0 Å². The van der Waals surface area contributed by atoms with Crippen LogP contribution in [0, 0.1) is 0 Å². The summed E-state index contributed by atoms with van der Waals surface area (Å²) in [6.45, 7) is 2.51. The first-order chi connectivity index (χ1) is 12.6. The number of hydrogen-bond donors (Lipinski definition) is 0. The summed E-state index contributed by atoms with van der Waals surface area (Å²) < 4.78 is 11.7. The number of hydrogen-bond acceptors (Lipinski definition) is 3. The second kappa shape index (κ2) is 5.63. The SMILES string of the molecule is C[C@]12C=CN(C(=O)C3COc4ccccc4O3)[C@H](Cc3ccccc31)C2. The number of nitrogens with zero attached hydrogens (tertiary/aromatic N) is 1. The highest BCUT2D eigenvalue weighted by Crippen LogP contribution is 2.43. The number of para-hydroxylation sites is 2. The van der Waals surface area contributed by atoms with Crippen molar-refractivity contribution in [1.29, 1.82) is 0 Å². The molecule has 3 atom stereocenters. The molecule has 3 aliphatic rings. The molecule has 132 valence electrons. The molecule has 0 N–H and O–H groups in total. The van der Waals surface area contributed by atoms with Crippen molar-refractivity contribution >= 4 is 5.91 Å². The van der Waals surface area contributed by atoms with Gasteiger partial charge >= 0.3 is 0 Å². The fraction of sp³-hybridized carbons (Fsp3) is 0.318. The number of rotatable bonds is 1. The number of benzene rings is 2. The van der Waals surface area contributed by atoms with Crippen LogP contribution in [0.3, 0.4) is 0 Å². The summed E-state index contributed by atoms with van der Waals surface area (Å²) in [5.74, 6) is 1.31. The third kappa shape index (κ3) is 2.32. The summed E-state index contributed by atoms with van der Waals surface area (Å²) in [5.41, 5.74) is 2.71. The maximum Gasteiger partial charge on any atom is 0.271 e. The van der Waals surface area contributed by atoms with Crippen molar-refractivity contribution in [3.05, 3.63) is 71.9 Å². The Morgan fingerprint density at radius 3 is 2.77 bits per heavy atom. The van der Waals surface area contributed by atoms with Crippen molar-refractivity contribution in [2.24, 2.45) is 0 Å². The molecule has 1 amide bonds. The van der Waals surface area contributed by atoms with Crippen LogP contribution >= 0.6 is 0 Å². The first kappa shape index (κ1) is 15.5. The van der Waals surface area contributed by atoms with Crippen LogP contribution in [-0.2, 0) is 16.6 Å². The molecular formula is C22H21NO3. The van der Waals surface area contributed by atoms with Gasteiger partial charge in [-0.2, -0.15) is 0 Å². The lowest BCUT2D eigenvalue weighted by Gasteiger charge is -2.46. The fourth-order valence-electron chi connectivity index (χ4n) is 4.46. The van der Waals surface area contributed by atoms with Crippen LogP contribution in [-0.4, -0.2) is 29.6 Å². The smallest absolute Gasteiger partial charge is 0.271 e. The molecule has 2 aliphatic heterocycles. The third-order valence-corrected chi connectivity index (χ3v) is 5.78. The van der Waals surface area contributed by atoms with Crippen molar-refractivity contribution in [3.8, 4) is 11.5 Å². The van der Waals surface area contributed by atoms with E-state index in [0.717, 1.165) is 12.8 Å². The molecule has 0 saturated carbocycles. The lowest BCUT2D eigenvalue weighted by atomic mass is 9.67. The third-order valence-electron chi connectivity index (χ3n) is 5.78. The van der Waals surface area contributed by atoms with Gasteiger partial charge in [0, 0.05) is 17.7 Å². The highest BCUT2D eigenvalue weighted by atomic mass is 16.6. The van der Waals surface area contributed by atoms with E-state index in [4.69, 9.17) is 9.47 Å². The summed E-state index contributed by atoms with van der Waals surface area (Å²) in [6.07, 6.45) is 5.34. The van der Waals surface area contributed by atoms with Gasteiger partial charge < -0.3 is 14.4 Å². The molecule has 1 aliphatic carbocycles. The Hall–Kier alpha value is -2.75. The van der Waals surface area contributed by atoms with E-state index >= 15 is 0 Å². The molecule has 0 saturated heterocycles. The standard InChI is InChI=1S/C22H21NO3/c1-22-10-11-23(16(13-22)12-15-6-2-3-7-17(15)22)21(24)20-14-25-18-8-4-5-9-19(18)26-20/h2-11,16,20H,12-14H2,1H3/t16-,20?,22-/m1/s1. The molecular weight excluding hydrogens is 326 g/mol. The predicted molar refractivity (Wildman–Crippen MR) is 98.2 cm³/mol. The van der Waals surface area contributed by atoms with E-state index in [0.29, 0.717) is 11.5 Å². The van der Waals surface area contributed by atoms with Crippen LogP contribution in [0.25, 0.3) is 0 Å². The van der Waals surface area contributed by atoms with E-state index in [2.05, 4.69) is 37.3 Å². The van der Waals surface area contributed by atoms with Crippen LogP contribution in [0.1, 0.15) is 24.5 Å². The minimum absolute atomic E-state index is 0.00713. The number of allylic oxidation sites excluding steroid dienone is 1. The number of carbonyl (C=O) groups is 1. The van der Waals surface area contributed by atoms with Crippen LogP contribution in [0.4, 0.5) is 0 Å². The van der Waals surface area contributed by atoms with Crippen molar-refractivity contribution < 1.29 is 14.3 Å². The molecule has 26 heavy (non-hydrogen) atoms. The molecule has 0 spiro atoms. The Labute approximate surface area is 153 Å². The van der Waals surface area contributed by atoms with Crippen LogP contribution in [0.5, 0.6) is 11.5 Å². The Morgan fingerprint density at radius 2 is 1.88 bits per heavy atom. The first-order valence-electron chi connectivity index (χ1n) is 9.12. The molecule has 2 heterocycles. The van der Waals surface area contributed by atoms with Gasteiger partial charge in [0.05, 0.1) is 0 Å². The van der Waals surface area contributed by atoms with Gasteiger partial charge in [-0.3, -0.25) is 4.79 Å². The highest BCUT2D eigenvalue weighted by molar-refractivity contribution is 5.83. The van der Waals surface area contributed by atoms with Crippen molar-refractivity contribution in [1.82, 2.24) is 4.90 Å². The number of carbonyl (C=O) groups excluding carboxylic acids is 1. The summed E-state index contributed by atoms with van der Waals surface area (Å²) in [5, 5.41) is 0. The second-order valence-electron chi connectivity index (χ2n) is 7.56. The Morgan fingerprint density at radius 1 is 1.12 bits per heavy atom. The van der Waals surface area contributed by atoms with E-state index in [1.807, 2.05) is 35.4 Å². The Bertz CT molecular complexity index is 906. The van der Waals surface area contributed by atoms with E-state index < -0.39 is 6.10 Å². The van der Waals surface area contributed by atoms with Gasteiger partial charge in [-0.25, -0.2) is 0 Å². The second-order valence-corrected chi connectivity index (χ2v) is 7.56. The Kier molecular flexibility index (Phi) is 3.36. The molecule has 2 aromatic rings. The maximum absolute atomic E-state index is 13.1. The average Bonchev–Trinajstić information content (AvgIpc) is 2.67. The monoisotopic (exact) mass is 347 g/mol. The van der Waals surface area contributed by atoms with E-state index in [1.165, 1.54) is 11.1 Å². The normalized spacial score (nSPS) is 28.4. The van der Waals surface area contributed by atoms with E-state index in [9.17, 15) is 4.79 Å². The molecule has 0 fully saturated rings. The van der Waals surface area contributed by atoms with Gasteiger partial charge in [0.2, 0.25) is 6.10 Å². The predicted octanol–water partition coefficient (Wildman–Crippen LogP) is 3.46. The van der Waals surface area contributed by atoms with Crippen LogP contribution < -0.4 is 9.47 Å². The van der Waals surface area contributed by atoms with Gasteiger partial charge in [0.1, 0.15) is 6.61 Å². The van der Waals surface area contributed by atoms with Crippen molar-refractivity contribution in [2.75, 3.05) is 6.61 Å². The first-order valence-corrected chi connectivity index (χ1v) is 9.12. The molecule has 4 heteroatoms. The van der Waals surface area contributed by atoms with Gasteiger partial charge in [0.15, 0.2) is 11.5 Å². The summed E-state index contributed by atoms with van der Waals surface area (Å²) in [4.78, 5) is 15.0. The van der Waals surface area contributed by atoms with Crippen LogP contribution in [0.15, 0.2) is 60.8 Å².